The molecule has 0 aromatic heterocycles. The highest BCUT2D eigenvalue weighted by molar-refractivity contribution is 5.72. The van der Waals surface area contributed by atoms with Gasteiger partial charge in [-0.05, 0) is 54.0 Å². The Morgan fingerprint density at radius 3 is 2.09 bits per heavy atom. The number of carbonyl (C=O) groups is 1. The number of nitrogens with two attached hydrogens (primary N) is 1. The van der Waals surface area contributed by atoms with Crippen molar-refractivity contribution >= 4 is 6.03 Å². The van der Waals surface area contributed by atoms with Crippen molar-refractivity contribution in [1.82, 2.24) is 4.90 Å². The molecule has 0 spiro atoms. The standard InChI is InChI=1S/C23H24F6N2O2/c24-22(25,26)19-9-16(10-20(11-19)23(27,28)29)13-33-14-17-6-7-31(21(30)32)12-18(17)8-15-4-2-1-3-5-15/h1-5,9-11,17-18H,6-8,12-14H2,(H2,30,32). The van der Waals surface area contributed by atoms with E-state index in [4.69, 9.17) is 10.5 Å². The van der Waals surface area contributed by atoms with Crippen molar-refractivity contribution in [3.05, 3.63) is 70.8 Å². The highest BCUT2D eigenvalue weighted by Crippen LogP contribution is 2.36. The van der Waals surface area contributed by atoms with Crippen molar-refractivity contribution in [1.29, 1.82) is 0 Å². The molecule has 180 valence electrons. The minimum Gasteiger partial charge on any atom is -0.376 e. The smallest absolute Gasteiger partial charge is 0.376 e. The van der Waals surface area contributed by atoms with Gasteiger partial charge in [-0.2, -0.15) is 26.3 Å². The lowest BCUT2D eigenvalue weighted by Gasteiger charge is -2.38. The first-order valence-corrected chi connectivity index (χ1v) is 10.4. The molecule has 2 aromatic rings. The predicted octanol–water partition coefficient (Wildman–Crippen LogP) is 5.50. The topological polar surface area (TPSA) is 55.6 Å². The molecule has 2 amide bonds. The number of benzene rings is 2. The van der Waals surface area contributed by atoms with Gasteiger partial charge in [0, 0.05) is 13.1 Å². The van der Waals surface area contributed by atoms with Crippen LogP contribution in [0.15, 0.2) is 48.5 Å². The largest absolute Gasteiger partial charge is 0.416 e. The van der Waals surface area contributed by atoms with Gasteiger partial charge in [-0.15, -0.1) is 0 Å². The van der Waals surface area contributed by atoms with E-state index in [1.54, 1.807) is 0 Å². The third-order valence-electron chi connectivity index (χ3n) is 5.79. The second kappa shape index (κ2) is 10.0. The van der Waals surface area contributed by atoms with Gasteiger partial charge in [0.25, 0.3) is 0 Å². The lowest BCUT2D eigenvalue weighted by molar-refractivity contribution is -0.143. The number of likely N-dealkylation sites (tertiary alicyclic amines) is 1. The van der Waals surface area contributed by atoms with Gasteiger partial charge in [-0.25, -0.2) is 4.79 Å². The molecule has 2 N–H and O–H groups in total. The molecule has 2 atom stereocenters. The zero-order valence-electron chi connectivity index (χ0n) is 17.6. The van der Waals surface area contributed by atoms with Crippen molar-refractivity contribution in [3.8, 4) is 0 Å². The molecule has 1 saturated heterocycles. The number of nitrogens with zero attached hydrogens (tertiary/aromatic N) is 1. The van der Waals surface area contributed by atoms with Crippen LogP contribution in [-0.2, 0) is 30.1 Å². The van der Waals surface area contributed by atoms with E-state index in [0.29, 0.717) is 38.1 Å². The van der Waals surface area contributed by atoms with Crippen LogP contribution in [0.4, 0.5) is 31.1 Å². The molecule has 1 aliphatic rings. The predicted molar refractivity (Wildman–Crippen MR) is 109 cm³/mol. The zero-order valence-corrected chi connectivity index (χ0v) is 17.6. The number of amides is 2. The molecule has 4 nitrogen and oxygen atoms in total. The third-order valence-corrected chi connectivity index (χ3v) is 5.79. The highest BCUT2D eigenvalue weighted by atomic mass is 19.4. The van der Waals surface area contributed by atoms with Crippen LogP contribution in [-0.4, -0.2) is 30.6 Å². The first kappa shape index (κ1) is 24.9. The molecule has 0 radical (unpaired) electrons. The molecule has 1 aliphatic heterocycles. The van der Waals surface area contributed by atoms with Gasteiger partial charge in [0.15, 0.2) is 0 Å². The number of urea groups is 1. The minimum absolute atomic E-state index is 0.0131. The fraction of sp³-hybridized carbons (Fsp3) is 0.435. The first-order valence-electron chi connectivity index (χ1n) is 10.4. The third kappa shape index (κ3) is 6.86. The fourth-order valence-electron chi connectivity index (χ4n) is 4.08. The summed E-state index contributed by atoms with van der Waals surface area (Å²) in [5.41, 5.74) is 3.52. The number of carbonyl (C=O) groups excluding carboxylic acids is 1. The first-order chi connectivity index (χ1) is 15.4. The number of piperidine rings is 1. The number of ether oxygens (including phenoxy) is 1. The zero-order chi connectivity index (χ0) is 24.2. The summed E-state index contributed by atoms with van der Waals surface area (Å²) in [6, 6.07) is 10.5. The quantitative estimate of drug-likeness (QED) is 0.562. The summed E-state index contributed by atoms with van der Waals surface area (Å²) in [6.07, 6.45) is -8.60. The molecule has 2 aromatic carbocycles. The maximum atomic E-state index is 13.1. The minimum atomic E-state index is -4.90. The molecule has 2 unspecified atom stereocenters. The van der Waals surface area contributed by atoms with E-state index >= 15 is 0 Å². The second-order valence-electron chi connectivity index (χ2n) is 8.21. The van der Waals surface area contributed by atoms with Gasteiger partial charge in [0.2, 0.25) is 0 Å². The van der Waals surface area contributed by atoms with Gasteiger partial charge in [0.05, 0.1) is 24.3 Å². The van der Waals surface area contributed by atoms with Crippen LogP contribution < -0.4 is 5.73 Å². The molecule has 1 heterocycles. The molecule has 1 fully saturated rings. The lowest BCUT2D eigenvalue weighted by Crippen LogP contribution is -2.47. The molecule has 10 heteroatoms. The van der Waals surface area contributed by atoms with Gasteiger partial charge < -0.3 is 15.4 Å². The van der Waals surface area contributed by atoms with Crippen LogP contribution in [0, 0.1) is 11.8 Å². The molecule has 0 bridgehead atoms. The summed E-state index contributed by atoms with van der Waals surface area (Å²) in [5.74, 6) is -0.0467. The maximum absolute atomic E-state index is 13.1. The van der Waals surface area contributed by atoms with Crippen molar-refractivity contribution in [3.63, 3.8) is 0 Å². The van der Waals surface area contributed by atoms with E-state index in [9.17, 15) is 31.1 Å². The summed E-state index contributed by atoms with van der Waals surface area (Å²) in [5, 5.41) is 0. The molecule has 0 aliphatic carbocycles. The Hall–Kier alpha value is -2.75. The Morgan fingerprint density at radius 2 is 1.55 bits per heavy atom. The van der Waals surface area contributed by atoms with Gasteiger partial charge in [-0.1, -0.05) is 30.3 Å². The molecular formula is C23H24F6N2O2. The average Bonchev–Trinajstić information content (AvgIpc) is 2.74. The van der Waals surface area contributed by atoms with Crippen LogP contribution in [0.1, 0.15) is 28.7 Å². The fourth-order valence-corrected chi connectivity index (χ4v) is 4.08. The van der Waals surface area contributed by atoms with E-state index in [1.165, 1.54) is 4.90 Å². The molecule has 3 rings (SSSR count). The average molecular weight is 474 g/mol. The van der Waals surface area contributed by atoms with Crippen LogP contribution in [0.2, 0.25) is 0 Å². The van der Waals surface area contributed by atoms with Crippen molar-refractivity contribution in [2.24, 2.45) is 17.6 Å². The normalized spacial score (nSPS) is 19.5. The second-order valence-corrected chi connectivity index (χ2v) is 8.21. The van der Waals surface area contributed by atoms with Crippen molar-refractivity contribution < 1.29 is 35.9 Å². The van der Waals surface area contributed by atoms with E-state index in [2.05, 4.69) is 0 Å². The number of hydrogen-bond donors (Lipinski definition) is 1. The Kier molecular flexibility index (Phi) is 7.56. The van der Waals surface area contributed by atoms with Crippen LogP contribution in [0.3, 0.4) is 0 Å². The van der Waals surface area contributed by atoms with Gasteiger partial charge >= 0.3 is 18.4 Å². The Labute approximate surface area is 187 Å². The Morgan fingerprint density at radius 1 is 0.939 bits per heavy atom. The van der Waals surface area contributed by atoms with Gasteiger partial charge in [0.1, 0.15) is 0 Å². The number of halogens is 6. The summed E-state index contributed by atoms with van der Waals surface area (Å²) >= 11 is 0. The van der Waals surface area contributed by atoms with E-state index in [-0.39, 0.29) is 36.7 Å². The number of hydrogen-bond acceptors (Lipinski definition) is 2. The van der Waals surface area contributed by atoms with Crippen LogP contribution in [0.25, 0.3) is 0 Å². The number of rotatable bonds is 6. The lowest BCUT2D eigenvalue weighted by atomic mass is 9.82. The summed E-state index contributed by atoms with van der Waals surface area (Å²) in [4.78, 5) is 13.2. The summed E-state index contributed by atoms with van der Waals surface area (Å²) in [6.45, 7) is 0.569. The summed E-state index contributed by atoms with van der Waals surface area (Å²) < 4.78 is 83.9. The maximum Gasteiger partial charge on any atom is 0.416 e. The van der Waals surface area contributed by atoms with E-state index in [0.717, 1.165) is 5.56 Å². The Bertz CT molecular complexity index is 914. The SMILES string of the molecule is NC(=O)N1CCC(COCc2cc(C(F)(F)F)cc(C(F)(F)F)c2)C(Cc2ccccc2)C1. The Balaban J connectivity index is 1.70. The van der Waals surface area contributed by atoms with E-state index < -0.39 is 29.5 Å². The van der Waals surface area contributed by atoms with Crippen LogP contribution in [0.5, 0.6) is 0 Å². The van der Waals surface area contributed by atoms with E-state index in [1.807, 2.05) is 30.3 Å². The van der Waals surface area contributed by atoms with Crippen molar-refractivity contribution in [2.45, 2.75) is 31.8 Å². The number of primary amides is 1. The summed E-state index contributed by atoms with van der Waals surface area (Å²) in [7, 11) is 0. The highest BCUT2D eigenvalue weighted by Gasteiger charge is 2.37. The number of alkyl halides is 6. The molecule has 0 saturated carbocycles. The van der Waals surface area contributed by atoms with Gasteiger partial charge in [-0.3, -0.25) is 0 Å². The monoisotopic (exact) mass is 474 g/mol. The molecular weight excluding hydrogens is 450 g/mol. The van der Waals surface area contributed by atoms with Crippen molar-refractivity contribution in [2.75, 3.05) is 19.7 Å². The van der Waals surface area contributed by atoms with Crippen LogP contribution >= 0.6 is 0 Å². The molecule has 33 heavy (non-hydrogen) atoms.